The van der Waals surface area contributed by atoms with Crippen molar-refractivity contribution in [2.75, 3.05) is 0 Å². The summed E-state index contributed by atoms with van der Waals surface area (Å²) in [5.74, 6) is 0.363. The first kappa shape index (κ1) is 18.6. The van der Waals surface area contributed by atoms with Crippen LogP contribution in [-0.2, 0) is 4.79 Å². The van der Waals surface area contributed by atoms with Crippen LogP contribution in [0.2, 0.25) is 0 Å². The van der Waals surface area contributed by atoms with Crippen LogP contribution in [0.25, 0.3) is 0 Å². The van der Waals surface area contributed by atoms with Crippen molar-refractivity contribution in [2.45, 2.75) is 87.7 Å². The monoisotopic (exact) mass is 382 g/mol. The Morgan fingerprint density at radius 1 is 0.722 bits per heavy atom. The Hall–Kier alpha value is 0.630. The van der Waals surface area contributed by atoms with Crippen LogP contribution in [0.3, 0.4) is 0 Å². The Labute approximate surface area is 130 Å². The van der Waals surface area contributed by atoms with E-state index in [1.165, 1.54) is 0 Å². The summed E-state index contributed by atoms with van der Waals surface area (Å²) in [5.41, 5.74) is 0. The number of alkyl halides is 2. The number of hydrogen-bond donors (Lipinski definition) is 0. The van der Waals surface area contributed by atoms with Crippen LogP contribution in [0.1, 0.15) is 79.1 Å². The lowest BCUT2D eigenvalue weighted by Crippen LogP contribution is -2.46. The number of ketones is 1. The van der Waals surface area contributed by atoms with Crippen molar-refractivity contribution in [1.82, 2.24) is 0 Å². The number of hydrogen-bond acceptors (Lipinski definition) is 1. The molecule has 0 aliphatic carbocycles. The molecular weight excluding hydrogens is 356 g/mol. The van der Waals surface area contributed by atoms with E-state index in [0.717, 1.165) is 51.4 Å². The fourth-order valence-corrected chi connectivity index (χ4v) is 5.30. The van der Waals surface area contributed by atoms with E-state index in [9.17, 15) is 4.79 Å². The molecule has 0 radical (unpaired) electrons. The Balaban J connectivity index is 5.11. The molecule has 0 aromatic rings. The maximum Gasteiger partial charge on any atom is 0.166 e. The quantitative estimate of drug-likeness (QED) is 0.421. The Morgan fingerprint density at radius 2 is 0.944 bits per heavy atom. The van der Waals surface area contributed by atoms with Crippen LogP contribution in [-0.4, -0.2) is 14.4 Å². The summed E-state index contributed by atoms with van der Waals surface area (Å²) < 4.78 is -0.658. The molecule has 0 atom stereocenters. The molecule has 0 amide bonds. The molecular formula is C15H28Br2O. The van der Waals surface area contributed by atoms with Crippen molar-refractivity contribution in [1.29, 1.82) is 0 Å². The molecule has 0 saturated heterocycles. The summed E-state index contributed by atoms with van der Waals surface area (Å²) in [6, 6.07) is 0. The second-order valence-electron chi connectivity index (χ2n) is 5.26. The minimum absolute atomic E-state index is 0.329. The average Bonchev–Trinajstić information content (AvgIpc) is 2.29. The van der Waals surface area contributed by atoms with E-state index in [0.29, 0.717) is 5.78 Å². The normalized spacial score (nSPS) is 12.8. The van der Waals surface area contributed by atoms with Crippen LogP contribution in [0, 0.1) is 0 Å². The zero-order valence-electron chi connectivity index (χ0n) is 12.3. The molecule has 0 N–H and O–H groups in total. The molecule has 0 aromatic heterocycles. The van der Waals surface area contributed by atoms with Crippen LogP contribution in [0.5, 0.6) is 0 Å². The highest BCUT2D eigenvalue weighted by Crippen LogP contribution is 2.42. The minimum atomic E-state index is -0.329. The average molecular weight is 384 g/mol. The van der Waals surface area contributed by atoms with Crippen LogP contribution in [0.4, 0.5) is 0 Å². The van der Waals surface area contributed by atoms with Gasteiger partial charge in [0.05, 0.1) is 8.65 Å². The van der Waals surface area contributed by atoms with Crippen molar-refractivity contribution in [2.24, 2.45) is 0 Å². The molecule has 0 aliphatic rings. The van der Waals surface area contributed by atoms with Gasteiger partial charge in [-0.3, -0.25) is 4.79 Å². The van der Waals surface area contributed by atoms with Gasteiger partial charge in [-0.25, -0.2) is 0 Å². The van der Waals surface area contributed by atoms with Gasteiger partial charge in [0, 0.05) is 0 Å². The molecule has 1 nitrogen and oxygen atoms in total. The summed E-state index contributed by atoms with van der Waals surface area (Å²) in [6.45, 7) is 8.59. The molecule has 18 heavy (non-hydrogen) atoms. The zero-order valence-corrected chi connectivity index (χ0v) is 15.5. The highest BCUT2D eigenvalue weighted by molar-refractivity contribution is 9.11. The second-order valence-corrected chi connectivity index (χ2v) is 8.30. The number of halogens is 2. The molecule has 0 heterocycles. The van der Waals surface area contributed by atoms with E-state index in [-0.39, 0.29) is 8.65 Å². The number of Topliss-reactive ketones (excluding diaryl/α,β-unsaturated/α-hetero) is 1. The van der Waals surface area contributed by atoms with E-state index in [1.807, 2.05) is 0 Å². The second kappa shape index (κ2) is 8.73. The molecule has 0 aromatic carbocycles. The molecule has 0 rings (SSSR count). The standard InChI is InChI=1S/C15H28Br2O/c1-5-9-14(16,10-6-2)13(18)15(17,11-7-3)12-8-4/h5-12H2,1-4H3. The molecule has 0 bridgehead atoms. The lowest BCUT2D eigenvalue weighted by molar-refractivity contribution is -0.124. The van der Waals surface area contributed by atoms with E-state index in [1.54, 1.807) is 0 Å². The fraction of sp³-hybridized carbons (Fsp3) is 0.933. The third-order valence-corrected chi connectivity index (χ3v) is 5.71. The van der Waals surface area contributed by atoms with Gasteiger partial charge in [0.25, 0.3) is 0 Å². The molecule has 3 heteroatoms. The Morgan fingerprint density at radius 3 is 1.11 bits per heavy atom. The number of carbonyl (C=O) groups excluding carboxylic acids is 1. The Kier molecular flexibility index (Phi) is 9.04. The van der Waals surface area contributed by atoms with E-state index in [2.05, 4.69) is 59.6 Å². The minimum Gasteiger partial charge on any atom is -0.297 e. The van der Waals surface area contributed by atoms with Crippen molar-refractivity contribution >= 4 is 37.6 Å². The first-order valence-electron chi connectivity index (χ1n) is 7.32. The van der Waals surface area contributed by atoms with E-state index < -0.39 is 0 Å². The summed E-state index contributed by atoms with van der Waals surface area (Å²) in [5, 5.41) is 0. The highest BCUT2D eigenvalue weighted by Gasteiger charge is 2.45. The van der Waals surface area contributed by atoms with Crippen molar-refractivity contribution < 1.29 is 4.79 Å². The van der Waals surface area contributed by atoms with Crippen LogP contribution < -0.4 is 0 Å². The highest BCUT2D eigenvalue weighted by atomic mass is 79.9. The maximum atomic E-state index is 13.0. The maximum absolute atomic E-state index is 13.0. The largest absolute Gasteiger partial charge is 0.297 e. The van der Waals surface area contributed by atoms with E-state index in [4.69, 9.17) is 0 Å². The molecule has 0 aliphatic heterocycles. The van der Waals surface area contributed by atoms with Gasteiger partial charge in [-0.15, -0.1) is 0 Å². The Bertz CT molecular complexity index is 215. The van der Waals surface area contributed by atoms with Crippen molar-refractivity contribution in [3.8, 4) is 0 Å². The molecule has 0 saturated carbocycles. The lowest BCUT2D eigenvalue weighted by atomic mass is 9.82. The smallest absolute Gasteiger partial charge is 0.166 e. The topological polar surface area (TPSA) is 17.1 Å². The van der Waals surface area contributed by atoms with Gasteiger partial charge in [0.2, 0.25) is 0 Å². The third kappa shape index (κ3) is 4.96. The third-order valence-electron chi connectivity index (χ3n) is 3.40. The first-order chi connectivity index (χ1) is 8.40. The number of carbonyl (C=O) groups is 1. The summed E-state index contributed by atoms with van der Waals surface area (Å²) in [7, 11) is 0. The summed E-state index contributed by atoms with van der Waals surface area (Å²) >= 11 is 7.54. The summed E-state index contributed by atoms with van der Waals surface area (Å²) in [4.78, 5) is 13.0. The van der Waals surface area contributed by atoms with Gasteiger partial charge < -0.3 is 0 Å². The van der Waals surface area contributed by atoms with Gasteiger partial charge in [0.1, 0.15) is 0 Å². The predicted octanol–water partition coefficient (Wildman–Crippen LogP) is 6.02. The van der Waals surface area contributed by atoms with Gasteiger partial charge >= 0.3 is 0 Å². The van der Waals surface area contributed by atoms with Gasteiger partial charge in [-0.05, 0) is 25.7 Å². The molecule has 0 unspecified atom stereocenters. The SMILES string of the molecule is CCCC(Br)(CCC)C(=O)C(Br)(CCC)CCC. The van der Waals surface area contributed by atoms with Crippen LogP contribution >= 0.6 is 31.9 Å². The first-order valence-corrected chi connectivity index (χ1v) is 8.91. The van der Waals surface area contributed by atoms with Gasteiger partial charge in [0.15, 0.2) is 5.78 Å². The molecule has 0 spiro atoms. The molecule has 108 valence electrons. The summed E-state index contributed by atoms with van der Waals surface area (Å²) in [6.07, 6.45) is 7.88. The molecule has 0 fully saturated rings. The van der Waals surface area contributed by atoms with Gasteiger partial charge in [-0.1, -0.05) is 85.2 Å². The van der Waals surface area contributed by atoms with Crippen LogP contribution in [0.15, 0.2) is 0 Å². The number of rotatable bonds is 10. The van der Waals surface area contributed by atoms with E-state index >= 15 is 0 Å². The van der Waals surface area contributed by atoms with Gasteiger partial charge in [-0.2, -0.15) is 0 Å². The fourth-order valence-electron chi connectivity index (χ4n) is 2.69. The van der Waals surface area contributed by atoms with Crippen molar-refractivity contribution in [3.63, 3.8) is 0 Å². The zero-order chi connectivity index (χ0) is 14.2. The van der Waals surface area contributed by atoms with Crippen molar-refractivity contribution in [3.05, 3.63) is 0 Å². The lowest BCUT2D eigenvalue weighted by Gasteiger charge is -2.35. The predicted molar refractivity (Wildman–Crippen MR) is 88.0 cm³/mol.